The van der Waals surface area contributed by atoms with Crippen LogP contribution in [0.15, 0.2) is 33.7 Å². The second kappa shape index (κ2) is 6.39. The summed E-state index contributed by atoms with van der Waals surface area (Å²) in [6.45, 7) is 3.22. The molecule has 0 saturated heterocycles. The molecule has 3 heterocycles. The largest absolute Gasteiger partial charge is 0.309 e. The van der Waals surface area contributed by atoms with Crippen LogP contribution in [0.1, 0.15) is 30.0 Å². The third-order valence-corrected chi connectivity index (χ3v) is 5.91. The third kappa shape index (κ3) is 2.98. The van der Waals surface area contributed by atoms with Crippen molar-refractivity contribution in [3.8, 4) is 0 Å². The molecule has 0 aliphatic rings. The minimum absolute atomic E-state index is 0.328. The zero-order valence-corrected chi connectivity index (χ0v) is 14.4. The van der Waals surface area contributed by atoms with E-state index in [1.807, 2.05) is 0 Å². The second-order valence-electron chi connectivity index (χ2n) is 4.67. The van der Waals surface area contributed by atoms with Crippen molar-refractivity contribution in [1.82, 2.24) is 14.7 Å². The molecule has 3 aromatic rings. The van der Waals surface area contributed by atoms with Crippen LogP contribution < -0.4 is 5.32 Å². The van der Waals surface area contributed by atoms with Crippen molar-refractivity contribution in [3.63, 3.8) is 0 Å². The summed E-state index contributed by atoms with van der Waals surface area (Å²) in [6.07, 6.45) is 6.26. The van der Waals surface area contributed by atoms with Crippen molar-refractivity contribution in [2.24, 2.45) is 0 Å². The molecule has 1 atom stereocenters. The highest BCUT2D eigenvalue weighted by Gasteiger charge is 2.17. The molecule has 0 radical (unpaired) electrons. The van der Waals surface area contributed by atoms with Crippen LogP contribution >= 0.6 is 38.6 Å². The Morgan fingerprint density at radius 2 is 2.30 bits per heavy atom. The fourth-order valence-electron chi connectivity index (χ4n) is 2.21. The molecular weight excluding hydrogens is 354 g/mol. The summed E-state index contributed by atoms with van der Waals surface area (Å²) in [7, 11) is 0. The van der Waals surface area contributed by atoms with Crippen LogP contribution in [0.4, 0.5) is 0 Å². The van der Waals surface area contributed by atoms with Gasteiger partial charge >= 0.3 is 0 Å². The fraction of sp³-hybridized carbons (Fsp3) is 0.357. The highest BCUT2D eigenvalue weighted by Crippen LogP contribution is 2.31. The number of hydrogen-bond donors (Lipinski definition) is 1. The van der Waals surface area contributed by atoms with E-state index in [1.54, 1.807) is 22.7 Å². The van der Waals surface area contributed by atoms with Crippen LogP contribution in [-0.2, 0) is 6.42 Å². The Morgan fingerprint density at radius 3 is 3.00 bits per heavy atom. The van der Waals surface area contributed by atoms with Gasteiger partial charge in [-0.15, -0.1) is 22.7 Å². The van der Waals surface area contributed by atoms with E-state index in [2.05, 4.69) is 61.8 Å². The second-order valence-corrected chi connectivity index (χ2v) is 7.34. The van der Waals surface area contributed by atoms with Crippen LogP contribution in [0.5, 0.6) is 0 Å². The molecule has 3 nitrogen and oxygen atoms in total. The zero-order chi connectivity index (χ0) is 13.9. The van der Waals surface area contributed by atoms with Crippen LogP contribution in [0, 0.1) is 0 Å². The molecule has 0 spiro atoms. The highest BCUT2D eigenvalue weighted by atomic mass is 79.9. The number of fused-ring (bicyclic) bond motifs is 1. The topological polar surface area (TPSA) is 29.3 Å². The minimum Gasteiger partial charge on any atom is -0.309 e. The zero-order valence-electron chi connectivity index (χ0n) is 11.2. The Morgan fingerprint density at radius 1 is 1.40 bits per heavy atom. The lowest BCUT2D eigenvalue weighted by molar-refractivity contribution is 0.531. The molecule has 1 unspecified atom stereocenters. The first kappa shape index (κ1) is 14.3. The van der Waals surface area contributed by atoms with Gasteiger partial charge in [0.1, 0.15) is 0 Å². The third-order valence-electron chi connectivity index (χ3n) is 3.16. The smallest absolute Gasteiger partial charge is 0.193 e. The molecule has 0 aromatic carbocycles. The van der Waals surface area contributed by atoms with Crippen molar-refractivity contribution in [3.05, 3.63) is 44.3 Å². The predicted octanol–water partition coefficient (Wildman–Crippen LogP) is 4.50. The number of halogens is 1. The first-order valence-corrected chi connectivity index (χ1v) is 9.20. The molecule has 0 amide bonds. The molecule has 3 rings (SSSR count). The van der Waals surface area contributed by atoms with Crippen LogP contribution in [0.25, 0.3) is 4.96 Å². The Labute approximate surface area is 134 Å². The SMILES string of the molecule is CCCNC(Cc1cn2ccsc2n1)c1sccc1Br. The maximum atomic E-state index is 4.69. The van der Waals surface area contributed by atoms with Gasteiger partial charge in [0.2, 0.25) is 0 Å². The van der Waals surface area contributed by atoms with E-state index < -0.39 is 0 Å². The summed E-state index contributed by atoms with van der Waals surface area (Å²) in [5, 5.41) is 7.83. The van der Waals surface area contributed by atoms with Crippen LogP contribution in [0.3, 0.4) is 0 Å². The van der Waals surface area contributed by atoms with Gasteiger partial charge in [0.15, 0.2) is 4.96 Å². The van der Waals surface area contributed by atoms with Gasteiger partial charge in [-0.2, -0.15) is 0 Å². The van der Waals surface area contributed by atoms with Crippen LogP contribution in [-0.4, -0.2) is 15.9 Å². The monoisotopic (exact) mass is 369 g/mol. The maximum absolute atomic E-state index is 4.69. The van der Waals surface area contributed by atoms with Crippen molar-refractivity contribution in [1.29, 1.82) is 0 Å². The van der Waals surface area contributed by atoms with E-state index in [-0.39, 0.29) is 0 Å². The molecule has 6 heteroatoms. The number of aromatic nitrogens is 2. The number of nitrogens with one attached hydrogen (secondary N) is 1. The van der Waals surface area contributed by atoms with Gasteiger partial charge in [-0.3, -0.25) is 4.40 Å². The number of rotatable bonds is 6. The van der Waals surface area contributed by atoms with E-state index in [1.165, 1.54) is 9.35 Å². The van der Waals surface area contributed by atoms with Crippen molar-refractivity contribution in [2.45, 2.75) is 25.8 Å². The summed E-state index contributed by atoms with van der Waals surface area (Å²) in [4.78, 5) is 7.12. The average Bonchev–Trinajstić information content (AvgIpc) is 3.10. The molecule has 20 heavy (non-hydrogen) atoms. The normalized spacial score (nSPS) is 13.1. The first-order valence-electron chi connectivity index (χ1n) is 6.65. The molecule has 0 aliphatic heterocycles. The van der Waals surface area contributed by atoms with Gasteiger partial charge in [0.05, 0.1) is 5.69 Å². The Kier molecular flexibility index (Phi) is 4.55. The van der Waals surface area contributed by atoms with Crippen LogP contribution in [0.2, 0.25) is 0 Å². The first-order chi connectivity index (χ1) is 9.78. The van der Waals surface area contributed by atoms with Gasteiger partial charge < -0.3 is 5.32 Å². The minimum atomic E-state index is 0.328. The van der Waals surface area contributed by atoms with Crippen molar-refractivity contribution >= 4 is 43.6 Å². The molecule has 0 aliphatic carbocycles. The molecule has 1 N–H and O–H groups in total. The number of hydrogen-bond acceptors (Lipinski definition) is 4. The molecule has 0 saturated carbocycles. The Bertz CT molecular complexity index is 657. The molecule has 0 bridgehead atoms. The molecular formula is C14H16BrN3S2. The lowest BCUT2D eigenvalue weighted by Gasteiger charge is -2.16. The summed E-state index contributed by atoms with van der Waals surface area (Å²) in [5.41, 5.74) is 1.14. The summed E-state index contributed by atoms with van der Waals surface area (Å²) >= 11 is 7.12. The molecule has 106 valence electrons. The van der Waals surface area contributed by atoms with Gasteiger partial charge in [-0.05, 0) is 40.3 Å². The Hall–Kier alpha value is -0.690. The summed E-state index contributed by atoms with van der Waals surface area (Å²) in [5.74, 6) is 0. The van der Waals surface area contributed by atoms with Gasteiger partial charge in [-0.25, -0.2) is 4.98 Å². The number of thiophene rings is 1. The number of thiazole rings is 1. The number of imidazole rings is 1. The maximum Gasteiger partial charge on any atom is 0.193 e. The van der Waals surface area contributed by atoms with E-state index in [4.69, 9.17) is 4.98 Å². The predicted molar refractivity (Wildman–Crippen MR) is 89.8 cm³/mol. The van der Waals surface area contributed by atoms with Crippen molar-refractivity contribution < 1.29 is 0 Å². The van der Waals surface area contributed by atoms with Crippen molar-refractivity contribution in [2.75, 3.05) is 6.54 Å². The van der Waals surface area contributed by atoms with E-state index in [9.17, 15) is 0 Å². The number of nitrogens with zero attached hydrogens (tertiary/aromatic N) is 2. The summed E-state index contributed by atoms with van der Waals surface area (Å²) in [6, 6.07) is 2.45. The average molecular weight is 370 g/mol. The lowest BCUT2D eigenvalue weighted by Crippen LogP contribution is -2.23. The van der Waals surface area contributed by atoms with Gasteiger partial charge in [-0.1, -0.05) is 6.92 Å². The summed E-state index contributed by atoms with van der Waals surface area (Å²) < 4.78 is 3.29. The molecule has 0 fully saturated rings. The lowest BCUT2D eigenvalue weighted by atomic mass is 10.1. The highest BCUT2D eigenvalue weighted by molar-refractivity contribution is 9.10. The standard InChI is InChI=1S/C14H16BrN3S2/c1-2-4-16-12(13-11(15)3-6-19-13)8-10-9-18-5-7-20-14(18)17-10/h3,5-7,9,12,16H,2,4,8H2,1H3. The quantitative estimate of drug-likeness (QED) is 0.692. The van der Waals surface area contributed by atoms with E-state index >= 15 is 0 Å². The fourth-order valence-corrected chi connectivity index (χ4v) is 4.66. The van der Waals surface area contributed by atoms with Gasteiger partial charge in [0.25, 0.3) is 0 Å². The van der Waals surface area contributed by atoms with E-state index in [0.29, 0.717) is 6.04 Å². The molecule has 3 aromatic heterocycles. The Balaban J connectivity index is 1.82. The van der Waals surface area contributed by atoms with E-state index in [0.717, 1.165) is 30.0 Å². The van der Waals surface area contributed by atoms with Gasteiger partial charge in [0, 0.05) is 39.6 Å².